The lowest BCUT2D eigenvalue weighted by molar-refractivity contribution is 0.149. The molecule has 196 valence electrons. The molecule has 2 aromatic carbocycles. The lowest BCUT2D eigenvalue weighted by atomic mass is 9.89. The Labute approximate surface area is 220 Å². The van der Waals surface area contributed by atoms with Gasteiger partial charge in [-0.15, -0.1) is 0 Å². The fourth-order valence-corrected chi connectivity index (χ4v) is 4.74. The van der Waals surface area contributed by atoms with Crippen molar-refractivity contribution in [2.75, 3.05) is 57.1 Å². The molecule has 4 N–H and O–H groups in total. The largest absolute Gasteiger partial charge is 0.380 e. The Morgan fingerprint density at radius 1 is 0.889 bits per heavy atom. The maximum absolute atomic E-state index is 5.34. The van der Waals surface area contributed by atoms with E-state index in [1.54, 1.807) is 11.9 Å². The van der Waals surface area contributed by atoms with Gasteiger partial charge in [0.2, 0.25) is 5.95 Å². The number of rotatable bonds is 13. The average molecular weight is 511 g/mol. The van der Waals surface area contributed by atoms with Gasteiger partial charge in [0.25, 0.3) is 0 Å². The average Bonchev–Trinajstić information content (AvgIpc) is 2.93. The van der Waals surface area contributed by atoms with Gasteiger partial charge in [0.1, 0.15) is 5.82 Å². The first kappa shape index (κ1) is 28.2. The van der Waals surface area contributed by atoms with Gasteiger partial charge < -0.3 is 20.7 Å². The summed E-state index contributed by atoms with van der Waals surface area (Å²) in [6, 6.07) is 18.4. The molecule has 0 amide bonds. The molecule has 0 radical (unpaired) electrons. The highest BCUT2D eigenvalue weighted by Crippen LogP contribution is 2.25. The number of anilines is 2. The molecule has 0 saturated heterocycles. The number of aromatic nitrogens is 2. The van der Waals surface area contributed by atoms with Gasteiger partial charge >= 0.3 is 0 Å². The van der Waals surface area contributed by atoms with Crippen LogP contribution in [0.3, 0.4) is 0 Å². The summed E-state index contributed by atoms with van der Waals surface area (Å²) in [6.45, 7) is 7.06. The quantitative estimate of drug-likeness (QED) is 0.175. The molecule has 3 aromatic rings. The van der Waals surface area contributed by atoms with Crippen molar-refractivity contribution in [3.05, 3.63) is 54.6 Å². The first-order valence-electron chi connectivity index (χ1n) is 13.2. The Morgan fingerprint density at radius 2 is 1.67 bits per heavy atom. The number of hydrogen-bond acceptors (Lipinski definition) is 8. The minimum absolute atomic E-state index is 0.728. The molecule has 8 heteroatoms. The van der Waals surface area contributed by atoms with E-state index in [1.807, 2.05) is 50.4 Å². The molecular formula is C28H42N6OS. The fraction of sp³-hybridized carbons (Fsp3) is 0.500. The van der Waals surface area contributed by atoms with Crippen LogP contribution in [-0.2, 0) is 4.74 Å². The zero-order valence-corrected chi connectivity index (χ0v) is 22.6. The van der Waals surface area contributed by atoms with E-state index in [2.05, 4.69) is 38.9 Å². The molecule has 1 saturated carbocycles. The topological polar surface area (TPSA) is 83.1 Å². The Bertz CT molecular complexity index is 984. The van der Waals surface area contributed by atoms with E-state index in [-0.39, 0.29) is 0 Å². The molecule has 1 aliphatic rings. The summed E-state index contributed by atoms with van der Waals surface area (Å²) in [5.74, 6) is 2.38. The lowest BCUT2D eigenvalue weighted by Gasteiger charge is -2.22. The lowest BCUT2D eigenvalue weighted by Crippen LogP contribution is -2.26. The van der Waals surface area contributed by atoms with Crippen LogP contribution in [0.2, 0.25) is 0 Å². The molecule has 36 heavy (non-hydrogen) atoms. The van der Waals surface area contributed by atoms with Crippen molar-refractivity contribution in [1.82, 2.24) is 20.0 Å². The molecular weight excluding hydrogens is 468 g/mol. The molecule has 0 bridgehead atoms. The molecule has 0 unspecified atom stereocenters. The summed E-state index contributed by atoms with van der Waals surface area (Å²) in [7, 11) is 1.91. The molecule has 4 rings (SSSR count). The predicted octanol–water partition coefficient (Wildman–Crippen LogP) is 5.57. The van der Waals surface area contributed by atoms with Crippen LogP contribution in [0.1, 0.15) is 39.0 Å². The number of ether oxygens (including phenoxy) is 1. The van der Waals surface area contributed by atoms with Crippen molar-refractivity contribution in [1.29, 1.82) is 0 Å². The van der Waals surface area contributed by atoms with E-state index >= 15 is 0 Å². The van der Waals surface area contributed by atoms with E-state index in [4.69, 9.17) is 14.7 Å². The molecule has 1 aromatic heterocycles. The first-order valence-corrected chi connectivity index (χ1v) is 14.0. The van der Waals surface area contributed by atoms with Crippen LogP contribution in [0.5, 0.6) is 0 Å². The molecule has 1 aliphatic carbocycles. The fourth-order valence-electron chi connectivity index (χ4n) is 4.21. The summed E-state index contributed by atoms with van der Waals surface area (Å²) in [6.07, 6.45) is 6.73. The van der Waals surface area contributed by atoms with Gasteiger partial charge in [-0.3, -0.25) is 4.72 Å². The van der Waals surface area contributed by atoms with Crippen molar-refractivity contribution < 1.29 is 4.74 Å². The number of para-hydroxylation sites is 1. The highest BCUT2D eigenvalue weighted by Gasteiger charge is 2.14. The van der Waals surface area contributed by atoms with Crippen molar-refractivity contribution in [3.8, 4) is 0 Å². The summed E-state index contributed by atoms with van der Waals surface area (Å²) >= 11 is 1.63. The van der Waals surface area contributed by atoms with Crippen molar-refractivity contribution >= 4 is 34.6 Å². The standard InChI is InChI=1S/C21H33N5O.C7H9NS/c1-2-27-15-14-22-12-13-23-20-18-10-6-7-11-19(18)25-21(26-20)24-16-17-8-4-3-5-9-17;1-8-9-7-5-3-2-4-6-7/h6-7,10-11,17,22H,2-5,8-9,12-16H2,1H3,(H2,23,24,25,26);2-6,8H,1H3. The smallest absolute Gasteiger partial charge is 0.225 e. The van der Waals surface area contributed by atoms with E-state index in [0.717, 1.165) is 68.0 Å². The monoisotopic (exact) mass is 510 g/mol. The van der Waals surface area contributed by atoms with Crippen LogP contribution < -0.4 is 20.7 Å². The summed E-state index contributed by atoms with van der Waals surface area (Å²) in [4.78, 5) is 10.7. The second-order valence-electron chi connectivity index (χ2n) is 8.79. The molecule has 1 fully saturated rings. The summed E-state index contributed by atoms with van der Waals surface area (Å²) in [5, 5.41) is 11.4. The van der Waals surface area contributed by atoms with Gasteiger partial charge in [0, 0.05) is 43.1 Å². The van der Waals surface area contributed by atoms with Crippen LogP contribution in [0.4, 0.5) is 11.8 Å². The van der Waals surface area contributed by atoms with Gasteiger partial charge in [-0.05, 0) is 68.9 Å². The van der Waals surface area contributed by atoms with Crippen LogP contribution in [0, 0.1) is 5.92 Å². The number of fused-ring (bicyclic) bond motifs is 1. The second kappa shape index (κ2) is 17.1. The first-order chi connectivity index (χ1) is 17.8. The summed E-state index contributed by atoms with van der Waals surface area (Å²) < 4.78 is 8.34. The number of nitrogens with one attached hydrogen (secondary N) is 4. The Kier molecular flexibility index (Phi) is 13.4. The third-order valence-electron chi connectivity index (χ3n) is 6.06. The van der Waals surface area contributed by atoms with E-state index in [0.29, 0.717) is 0 Å². The van der Waals surface area contributed by atoms with Crippen LogP contribution in [0.25, 0.3) is 10.9 Å². The SMILES string of the molecule is CCOCCNCCNc1nc(NCC2CCCCC2)nc2ccccc12.CNSc1ccccc1. The zero-order valence-electron chi connectivity index (χ0n) is 21.8. The second-order valence-corrected chi connectivity index (χ2v) is 9.87. The van der Waals surface area contributed by atoms with Crippen molar-refractivity contribution in [2.45, 2.75) is 43.9 Å². The molecule has 0 atom stereocenters. The highest BCUT2D eigenvalue weighted by atomic mass is 32.2. The third-order valence-corrected chi connectivity index (χ3v) is 6.77. The molecule has 1 heterocycles. The summed E-state index contributed by atoms with van der Waals surface area (Å²) in [5.41, 5.74) is 0.977. The normalized spacial score (nSPS) is 13.7. The predicted molar refractivity (Wildman–Crippen MR) is 154 cm³/mol. The zero-order chi connectivity index (χ0) is 25.3. The molecule has 7 nitrogen and oxygen atoms in total. The van der Waals surface area contributed by atoms with Crippen LogP contribution in [-0.4, -0.2) is 56.4 Å². The van der Waals surface area contributed by atoms with Crippen molar-refractivity contribution in [2.24, 2.45) is 5.92 Å². The van der Waals surface area contributed by atoms with Gasteiger partial charge in [-0.2, -0.15) is 4.98 Å². The van der Waals surface area contributed by atoms with Crippen LogP contribution >= 0.6 is 11.9 Å². The van der Waals surface area contributed by atoms with Crippen molar-refractivity contribution in [3.63, 3.8) is 0 Å². The van der Waals surface area contributed by atoms with Gasteiger partial charge in [-0.25, -0.2) is 4.98 Å². The number of nitrogens with zero attached hydrogens (tertiary/aromatic N) is 2. The minimum atomic E-state index is 0.728. The van der Waals surface area contributed by atoms with Gasteiger partial charge in [0.05, 0.1) is 12.1 Å². The third kappa shape index (κ3) is 10.3. The van der Waals surface area contributed by atoms with Gasteiger partial charge in [-0.1, -0.05) is 49.6 Å². The van der Waals surface area contributed by atoms with E-state index < -0.39 is 0 Å². The Morgan fingerprint density at radius 3 is 2.44 bits per heavy atom. The molecule has 0 aliphatic heterocycles. The number of hydrogen-bond donors (Lipinski definition) is 4. The molecule has 0 spiro atoms. The van der Waals surface area contributed by atoms with E-state index in [1.165, 1.54) is 37.0 Å². The van der Waals surface area contributed by atoms with Crippen LogP contribution in [0.15, 0.2) is 59.5 Å². The minimum Gasteiger partial charge on any atom is -0.380 e. The van der Waals surface area contributed by atoms with Gasteiger partial charge in [0.15, 0.2) is 0 Å². The van der Waals surface area contributed by atoms with E-state index in [9.17, 15) is 0 Å². The highest BCUT2D eigenvalue weighted by molar-refractivity contribution is 7.97. The Hall–Kier alpha value is -2.39. The maximum Gasteiger partial charge on any atom is 0.225 e. The number of benzene rings is 2. The maximum atomic E-state index is 5.34. The Balaban J connectivity index is 0.000000338.